The van der Waals surface area contributed by atoms with Crippen molar-refractivity contribution in [2.45, 2.75) is 19.4 Å². The maximum Gasteiger partial charge on any atom is 0.170 e. The molecule has 0 bridgehead atoms. The van der Waals surface area contributed by atoms with Crippen LogP contribution >= 0.6 is 0 Å². The van der Waals surface area contributed by atoms with E-state index in [1.807, 2.05) is 4.90 Å². The monoisotopic (exact) mass is 269 g/mol. The van der Waals surface area contributed by atoms with Gasteiger partial charge in [-0.2, -0.15) is 0 Å². The number of hydrogen-bond donors (Lipinski definition) is 1. The summed E-state index contributed by atoms with van der Waals surface area (Å²) >= 11 is 0. The van der Waals surface area contributed by atoms with Gasteiger partial charge in [0.1, 0.15) is 11.6 Å². The van der Waals surface area contributed by atoms with E-state index in [1.165, 1.54) is 19.2 Å². The van der Waals surface area contributed by atoms with E-state index in [4.69, 9.17) is 4.74 Å². The second kappa shape index (κ2) is 7.21. The van der Waals surface area contributed by atoms with Gasteiger partial charge >= 0.3 is 0 Å². The quantitative estimate of drug-likeness (QED) is 0.766. The summed E-state index contributed by atoms with van der Waals surface area (Å²) in [6.45, 7) is 2.61. The van der Waals surface area contributed by atoms with Gasteiger partial charge in [-0.15, -0.1) is 0 Å². The molecule has 0 amide bonds. The second-order valence-electron chi connectivity index (χ2n) is 4.60. The first-order valence-corrected chi connectivity index (χ1v) is 6.18. The number of likely N-dealkylation sites (N-methyl/N-ethyl adjacent to an activating group) is 1. The van der Waals surface area contributed by atoms with Crippen LogP contribution in [0.3, 0.4) is 0 Å². The number of aliphatic hydroxyl groups excluding tert-OH is 1. The number of hydrogen-bond acceptors (Lipinski definition) is 4. The molecular weight excluding hydrogens is 249 g/mol. The molecule has 19 heavy (non-hydrogen) atoms. The Balaban J connectivity index is 2.68. The SMILES string of the molecule is COc1cccc(F)c1C(=O)CCN(C)CC(C)O. The van der Waals surface area contributed by atoms with Crippen LogP contribution in [0.4, 0.5) is 4.39 Å². The molecule has 0 spiro atoms. The molecule has 1 N–H and O–H groups in total. The number of Topliss-reactive ketones (excluding diaryl/α,β-unsaturated/α-hetero) is 1. The van der Waals surface area contributed by atoms with Crippen molar-refractivity contribution in [3.05, 3.63) is 29.6 Å². The van der Waals surface area contributed by atoms with Gasteiger partial charge in [-0.3, -0.25) is 4.79 Å². The predicted octanol–water partition coefficient (Wildman–Crippen LogP) is 1.72. The van der Waals surface area contributed by atoms with Crippen LogP contribution in [0.15, 0.2) is 18.2 Å². The van der Waals surface area contributed by atoms with Crippen LogP contribution < -0.4 is 4.74 Å². The molecule has 0 heterocycles. The molecule has 0 aliphatic heterocycles. The van der Waals surface area contributed by atoms with Gasteiger partial charge in [-0.05, 0) is 26.1 Å². The van der Waals surface area contributed by atoms with Gasteiger partial charge in [-0.25, -0.2) is 4.39 Å². The van der Waals surface area contributed by atoms with Crippen LogP contribution in [0, 0.1) is 5.82 Å². The van der Waals surface area contributed by atoms with E-state index in [1.54, 1.807) is 20.0 Å². The lowest BCUT2D eigenvalue weighted by Crippen LogP contribution is -2.29. The third kappa shape index (κ3) is 4.61. The zero-order chi connectivity index (χ0) is 14.4. The Morgan fingerprint density at radius 2 is 2.21 bits per heavy atom. The molecule has 0 saturated carbocycles. The zero-order valence-corrected chi connectivity index (χ0v) is 11.5. The molecule has 4 nitrogen and oxygen atoms in total. The average molecular weight is 269 g/mol. The van der Waals surface area contributed by atoms with Gasteiger partial charge in [0.15, 0.2) is 5.78 Å². The number of halogens is 1. The summed E-state index contributed by atoms with van der Waals surface area (Å²) in [6.07, 6.45) is -0.274. The molecule has 1 aromatic carbocycles. The summed E-state index contributed by atoms with van der Waals surface area (Å²) in [5.74, 6) is -0.613. The number of methoxy groups -OCH3 is 1. The number of nitrogens with zero attached hydrogens (tertiary/aromatic N) is 1. The van der Waals surface area contributed by atoms with E-state index in [2.05, 4.69) is 0 Å². The molecule has 1 unspecified atom stereocenters. The van der Waals surface area contributed by atoms with Crippen LogP contribution in [-0.2, 0) is 0 Å². The molecule has 5 heteroatoms. The fraction of sp³-hybridized carbons (Fsp3) is 0.500. The third-order valence-corrected chi connectivity index (χ3v) is 2.77. The molecular formula is C14H20FNO3. The molecule has 1 rings (SSSR count). The Morgan fingerprint density at radius 3 is 2.79 bits per heavy atom. The Hall–Kier alpha value is -1.46. The van der Waals surface area contributed by atoms with Crippen molar-refractivity contribution in [1.82, 2.24) is 4.90 Å². The molecule has 1 atom stereocenters. The molecule has 0 saturated heterocycles. The molecule has 0 fully saturated rings. The topological polar surface area (TPSA) is 49.8 Å². The largest absolute Gasteiger partial charge is 0.496 e. The van der Waals surface area contributed by atoms with Crippen molar-refractivity contribution in [1.29, 1.82) is 0 Å². The van der Waals surface area contributed by atoms with Crippen molar-refractivity contribution in [3.8, 4) is 5.75 Å². The highest BCUT2D eigenvalue weighted by molar-refractivity contribution is 5.99. The van der Waals surface area contributed by atoms with Crippen LogP contribution in [0.1, 0.15) is 23.7 Å². The smallest absolute Gasteiger partial charge is 0.170 e. The van der Waals surface area contributed by atoms with Crippen molar-refractivity contribution in [2.75, 3.05) is 27.2 Å². The summed E-state index contributed by atoms with van der Waals surface area (Å²) < 4.78 is 18.7. The van der Waals surface area contributed by atoms with Gasteiger partial charge in [0.2, 0.25) is 0 Å². The summed E-state index contributed by atoms with van der Waals surface area (Å²) in [5.41, 5.74) is -0.00422. The highest BCUT2D eigenvalue weighted by Gasteiger charge is 2.17. The van der Waals surface area contributed by atoms with E-state index in [-0.39, 0.29) is 23.5 Å². The average Bonchev–Trinajstić information content (AvgIpc) is 2.34. The maximum atomic E-state index is 13.7. The Bertz CT molecular complexity index is 435. The van der Waals surface area contributed by atoms with E-state index >= 15 is 0 Å². The number of carbonyl (C=O) groups is 1. The molecule has 0 aliphatic carbocycles. The summed E-state index contributed by atoms with van der Waals surface area (Å²) in [5, 5.41) is 9.22. The van der Waals surface area contributed by atoms with Gasteiger partial charge in [0, 0.05) is 19.5 Å². The van der Waals surface area contributed by atoms with Crippen LogP contribution in [0.2, 0.25) is 0 Å². The molecule has 106 valence electrons. The van der Waals surface area contributed by atoms with Crippen molar-refractivity contribution in [3.63, 3.8) is 0 Å². The standard InChI is InChI=1S/C14H20FNO3/c1-10(17)9-16(2)8-7-12(18)14-11(15)5-4-6-13(14)19-3/h4-6,10,17H,7-9H2,1-3H3. The number of rotatable bonds is 7. The first-order chi connectivity index (χ1) is 8.95. The lowest BCUT2D eigenvalue weighted by molar-refractivity contribution is 0.0941. The van der Waals surface area contributed by atoms with E-state index in [9.17, 15) is 14.3 Å². The second-order valence-corrected chi connectivity index (χ2v) is 4.60. The normalized spacial score (nSPS) is 12.5. The van der Waals surface area contributed by atoms with Crippen LogP contribution in [0.25, 0.3) is 0 Å². The minimum atomic E-state index is -0.567. The number of ketones is 1. The fourth-order valence-corrected chi connectivity index (χ4v) is 1.90. The summed E-state index contributed by atoms with van der Waals surface area (Å²) in [7, 11) is 3.21. The van der Waals surface area contributed by atoms with Gasteiger partial charge in [0.05, 0.1) is 18.8 Å². The summed E-state index contributed by atoms with van der Waals surface area (Å²) in [6, 6.07) is 4.32. The molecule has 0 aromatic heterocycles. The van der Waals surface area contributed by atoms with Gasteiger partial charge in [-0.1, -0.05) is 6.07 Å². The van der Waals surface area contributed by atoms with Gasteiger partial charge in [0.25, 0.3) is 0 Å². The fourth-order valence-electron chi connectivity index (χ4n) is 1.90. The zero-order valence-electron chi connectivity index (χ0n) is 11.5. The third-order valence-electron chi connectivity index (χ3n) is 2.77. The van der Waals surface area contributed by atoms with Crippen LogP contribution in [-0.4, -0.2) is 49.1 Å². The Kier molecular flexibility index (Phi) is 5.92. The minimum Gasteiger partial charge on any atom is -0.496 e. The highest BCUT2D eigenvalue weighted by Crippen LogP contribution is 2.22. The first kappa shape index (κ1) is 15.6. The van der Waals surface area contributed by atoms with Crippen molar-refractivity contribution in [2.24, 2.45) is 0 Å². The number of benzene rings is 1. The molecule has 1 aromatic rings. The summed E-state index contributed by atoms with van der Waals surface area (Å²) in [4.78, 5) is 13.9. The number of ether oxygens (including phenoxy) is 1. The van der Waals surface area contributed by atoms with Crippen LogP contribution in [0.5, 0.6) is 5.75 Å². The minimum absolute atomic E-state index is 0.00422. The maximum absolute atomic E-state index is 13.7. The lowest BCUT2D eigenvalue weighted by Gasteiger charge is -2.18. The first-order valence-electron chi connectivity index (χ1n) is 6.18. The Morgan fingerprint density at radius 1 is 1.53 bits per heavy atom. The van der Waals surface area contributed by atoms with Crippen molar-refractivity contribution < 1.29 is 19.0 Å². The predicted molar refractivity (Wildman–Crippen MR) is 71.1 cm³/mol. The molecule has 0 radical (unpaired) electrons. The van der Waals surface area contributed by atoms with E-state index in [0.717, 1.165) is 0 Å². The Labute approximate surface area is 112 Å². The lowest BCUT2D eigenvalue weighted by atomic mass is 10.1. The van der Waals surface area contributed by atoms with E-state index < -0.39 is 11.9 Å². The van der Waals surface area contributed by atoms with Crippen molar-refractivity contribution >= 4 is 5.78 Å². The number of carbonyl (C=O) groups excluding carboxylic acids is 1. The van der Waals surface area contributed by atoms with Gasteiger partial charge < -0.3 is 14.7 Å². The van der Waals surface area contributed by atoms with E-state index in [0.29, 0.717) is 13.1 Å². The highest BCUT2D eigenvalue weighted by atomic mass is 19.1. The number of aliphatic hydroxyl groups is 1. The molecule has 0 aliphatic rings.